The largest absolute Gasteiger partial charge is 0.475 e. The minimum atomic E-state index is -0.483. The quantitative estimate of drug-likeness (QED) is 0.720. The highest BCUT2D eigenvalue weighted by molar-refractivity contribution is 5.69. The van der Waals surface area contributed by atoms with E-state index in [4.69, 9.17) is 9.47 Å². The number of fused-ring (bicyclic) bond motifs is 2. The fraction of sp³-hybridized carbons (Fsp3) is 0.762. The molecule has 3 aliphatic rings. The number of carbonyl (C=O) groups is 1. The molecule has 4 atom stereocenters. The fourth-order valence-electron chi connectivity index (χ4n) is 5.04. The van der Waals surface area contributed by atoms with Gasteiger partial charge in [-0.3, -0.25) is 9.59 Å². The van der Waals surface area contributed by atoms with Crippen LogP contribution >= 0.6 is 0 Å². The molecule has 0 radical (unpaired) electrons. The van der Waals surface area contributed by atoms with Crippen LogP contribution in [0.5, 0.6) is 5.88 Å². The second-order valence-electron chi connectivity index (χ2n) is 8.71. The molecule has 1 N–H and O–H groups in total. The van der Waals surface area contributed by atoms with Crippen molar-refractivity contribution < 1.29 is 14.3 Å². The van der Waals surface area contributed by atoms with E-state index < -0.39 is 5.97 Å². The zero-order valence-electron chi connectivity index (χ0n) is 17.9. The van der Waals surface area contributed by atoms with Crippen molar-refractivity contribution in [2.24, 2.45) is 23.2 Å². The van der Waals surface area contributed by atoms with Crippen molar-refractivity contribution in [1.82, 2.24) is 9.78 Å². The molecule has 0 saturated heterocycles. The standard InChI is InChI=1S/C21H33N3O4/c1-7-27-17(25)11-24-20(26)13(4)18(19(23-24)28-8-2)22-16-10-14-9-15(12(16)3)21(14,5)6/h12,14-16,22H,7-11H2,1-6H3/t12-,14+,15-,16-/m1/s1. The molecule has 0 amide bonds. The van der Waals surface area contributed by atoms with E-state index in [0.717, 1.165) is 11.1 Å². The summed E-state index contributed by atoms with van der Waals surface area (Å²) >= 11 is 0. The summed E-state index contributed by atoms with van der Waals surface area (Å²) in [6, 6.07) is 0.289. The molecule has 4 rings (SSSR count). The Morgan fingerprint density at radius 2 is 2.00 bits per heavy atom. The Morgan fingerprint density at radius 1 is 1.29 bits per heavy atom. The van der Waals surface area contributed by atoms with Gasteiger partial charge in [-0.15, -0.1) is 5.10 Å². The van der Waals surface area contributed by atoms with Crippen LogP contribution in [0.1, 0.15) is 53.0 Å². The van der Waals surface area contributed by atoms with Crippen molar-refractivity contribution in [2.45, 2.75) is 67.0 Å². The highest BCUT2D eigenvalue weighted by Gasteiger charge is 2.56. The van der Waals surface area contributed by atoms with E-state index in [-0.39, 0.29) is 24.8 Å². The Kier molecular flexibility index (Phi) is 5.73. The summed E-state index contributed by atoms with van der Waals surface area (Å²) in [6.07, 6.45) is 2.38. The minimum Gasteiger partial charge on any atom is -0.475 e. The van der Waals surface area contributed by atoms with Crippen molar-refractivity contribution in [3.63, 3.8) is 0 Å². The van der Waals surface area contributed by atoms with Gasteiger partial charge < -0.3 is 14.8 Å². The van der Waals surface area contributed by atoms with Crippen LogP contribution in [0.3, 0.4) is 0 Å². The van der Waals surface area contributed by atoms with Crippen LogP contribution < -0.4 is 15.6 Å². The van der Waals surface area contributed by atoms with Gasteiger partial charge in [-0.05, 0) is 56.8 Å². The molecule has 1 aromatic heterocycles. The van der Waals surface area contributed by atoms with E-state index in [2.05, 4.69) is 31.2 Å². The monoisotopic (exact) mass is 391 g/mol. The molecule has 0 unspecified atom stereocenters. The molecular formula is C21H33N3O4. The summed E-state index contributed by atoms with van der Waals surface area (Å²) in [4.78, 5) is 24.6. The smallest absolute Gasteiger partial charge is 0.327 e. The highest BCUT2D eigenvalue weighted by atomic mass is 16.5. The second kappa shape index (κ2) is 7.76. The van der Waals surface area contributed by atoms with Crippen molar-refractivity contribution in [1.29, 1.82) is 0 Å². The van der Waals surface area contributed by atoms with E-state index in [0.29, 0.717) is 46.9 Å². The third-order valence-electron chi connectivity index (χ3n) is 6.90. The second-order valence-corrected chi connectivity index (χ2v) is 8.71. The topological polar surface area (TPSA) is 82.5 Å². The first-order valence-corrected chi connectivity index (χ1v) is 10.4. The summed E-state index contributed by atoms with van der Waals surface area (Å²) in [5.74, 6) is 1.80. The molecule has 3 fully saturated rings. The number of rotatable bonds is 7. The van der Waals surface area contributed by atoms with Crippen molar-refractivity contribution in [3.05, 3.63) is 15.9 Å². The molecule has 1 aromatic rings. The van der Waals surface area contributed by atoms with Gasteiger partial charge in [0.2, 0.25) is 0 Å². The van der Waals surface area contributed by atoms with Gasteiger partial charge in [0.15, 0.2) is 0 Å². The lowest BCUT2D eigenvalue weighted by atomic mass is 9.45. The molecule has 28 heavy (non-hydrogen) atoms. The summed E-state index contributed by atoms with van der Waals surface area (Å²) in [5, 5.41) is 7.89. The number of aromatic nitrogens is 2. The first-order chi connectivity index (χ1) is 13.2. The Labute approximate surface area is 166 Å². The molecule has 0 aromatic carbocycles. The van der Waals surface area contributed by atoms with Gasteiger partial charge in [0.1, 0.15) is 12.2 Å². The lowest BCUT2D eigenvalue weighted by Crippen LogP contribution is -2.58. The average Bonchev–Trinajstić information content (AvgIpc) is 2.63. The van der Waals surface area contributed by atoms with Crippen LogP contribution in [-0.2, 0) is 16.1 Å². The molecule has 156 valence electrons. The lowest BCUT2D eigenvalue weighted by Gasteiger charge is -2.62. The number of hydrogen-bond acceptors (Lipinski definition) is 6. The van der Waals surface area contributed by atoms with Gasteiger partial charge >= 0.3 is 5.97 Å². The van der Waals surface area contributed by atoms with Crippen molar-refractivity contribution in [2.75, 3.05) is 18.5 Å². The third-order valence-corrected chi connectivity index (χ3v) is 6.90. The third kappa shape index (κ3) is 3.51. The molecule has 1 heterocycles. The summed E-state index contributed by atoms with van der Waals surface area (Å²) in [5.41, 5.74) is 1.28. The minimum absolute atomic E-state index is 0.216. The molecule has 7 heteroatoms. The van der Waals surface area contributed by atoms with Gasteiger partial charge in [0, 0.05) is 11.6 Å². The number of anilines is 1. The number of nitrogens with zero attached hydrogens (tertiary/aromatic N) is 2. The molecule has 3 aliphatic carbocycles. The summed E-state index contributed by atoms with van der Waals surface area (Å²) < 4.78 is 11.8. The van der Waals surface area contributed by atoms with Crippen molar-refractivity contribution in [3.8, 4) is 5.88 Å². The first-order valence-electron chi connectivity index (χ1n) is 10.4. The predicted octanol–water partition coefficient (Wildman–Crippen LogP) is 3.00. The van der Waals surface area contributed by atoms with E-state index in [1.807, 2.05) is 6.92 Å². The number of carbonyl (C=O) groups excluding carboxylic acids is 1. The lowest BCUT2D eigenvalue weighted by molar-refractivity contribution is -0.144. The van der Waals surface area contributed by atoms with E-state index in [1.165, 1.54) is 6.42 Å². The molecule has 3 saturated carbocycles. The van der Waals surface area contributed by atoms with Crippen LogP contribution in [0.15, 0.2) is 4.79 Å². The Hall–Kier alpha value is -2.05. The zero-order chi connectivity index (χ0) is 20.6. The number of esters is 1. The van der Waals surface area contributed by atoms with Crippen molar-refractivity contribution >= 4 is 11.7 Å². The molecule has 0 aliphatic heterocycles. The number of hydrogen-bond donors (Lipinski definition) is 1. The van der Waals surface area contributed by atoms with E-state index >= 15 is 0 Å². The van der Waals surface area contributed by atoms with Gasteiger partial charge in [-0.1, -0.05) is 20.8 Å². The van der Waals surface area contributed by atoms with Gasteiger partial charge in [-0.2, -0.15) is 0 Å². The van der Waals surface area contributed by atoms with Crippen LogP contribution in [0, 0.1) is 30.1 Å². The molecular weight excluding hydrogens is 358 g/mol. The Morgan fingerprint density at radius 3 is 2.57 bits per heavy atom. The van der Waals surface area contributed by atoms with Crippen LogP contribution in [0.25, 0.3) is 0 Å². The number of nitrogens with one attached hydrogen (secondary N) is 1. The van der Waals surface area contributed by atoms with E-state index in [9.17, 15) is 9.59 Å². The predicted molar refractivity (Wildman–Crippen MR) is 108 cm³/mol. The van der Waals surface area contributed by atoms with Gasteiger partial charge in [0.05, 0.1) is 13.2 Å². The zero-order valence-corrected chi connectivity index (χ0v) is 17.9. The summed E-state index contributed by atoms with van der Waals surface area (Å²) in [7, 11) is 0. The van der Waals surface area contributed by atoms with Gasteiger partial charge in [-0.25, -0.2) is 4.68 Å². The molecule has 7 nitrogen and oxygen atoms in total. The maximum atomic E-state index is 12.8. The highest BCUT2D eigenvalue weighted by Crippen LogP contribution is 2.61. The molecule has 0 spiro atoms. The SMILES string of the molecule is CCOC(=O)Cn1nc(OCC)c(N[C@@H]2C[C@@H]3C[C@H]([C@H]2C)C3(C)C)c(C)c1=O. The Bertz CT molecular complexity index is 802. The molecule has 2 bridgehead atoms. The summed E-state index contributed by atoms with van der Waals surface area (Å²) in [6.45, 7) is 12.9. The first kappa shape index (κ1) is 20.7. The Balaban J connectivity index is 1.87. The maximum Gasteiger partial charge on any atom is 0.327 e. The van der Waals surface area contributed by atoms with Crippen LogP contribution in [0.2, 0.25) is 0 Å². The number of ether oxygens (including phenoxy) is 2. The maximum absolute atomic E-state index is 12.8. The van der Waals surface area contributed by atoms with Gasteiger partial charge in [0.25, 0.3) is 11.4 Å². The normalized spacial score (nSPS) is 27.6. The average molecular weight is 392 g/mol. The van der Waals surface area contributed by atoms with Crippen LogP contribution in [-0.4, -0.2) is 35.0 Å². The fourth-order valence-corrected chi connectivity index (χ4v) is 5.04. The van der Waals surface area contributed by atoms with Crippen LogP contribution in [0.4, 0.5) is 5.69 Å². The van der Waals surface area contributed by atoms with E-state index in [1.54, 1.807) is 13.8 Å².